The van der Waals surface area contributed by atoms with E-state index < -0.39 is 5.60 Å². The maximum Gasteiger partial charge on any atom is 0.0839 e. The minimum atomic E-state index is -0.599. The third-order valence-corrected chi connectivity index (χ3v) is 4.06. The Kier molecular flexibility index (Phi) is 2.13. The fourth-order valence-electron chi connectivity index (χ4n) is 2.60. The number of nitrogens with two attached hydrogens (primary N) is 1. The van der Waals surface area contributed by atoms with E-state index in [0.29, 0.717) is 6.54 Å². The molecule has 0 aromatic heterocycles. The van der Waals surface area contributed by atoms with E-state index in [1.807, 2.05) is 6.92 Å². The third-order valence-electron chi connectivity index (χ3n) is 4.06. The van der Waals surface area contributed by atoms with Gasteiger partial charge in [0.05, 0.1) is 5.60 Å². The van der Waals surface area contributed by atoms with Gasteiger partial charge in [0.1, 0.15) is 0 Å². The lowest BCUT2D eigenvalue weighted by atomic mass is 9.79. The van der Waals surface area contributed by atoms with Crippen LogP contribution in [0.4, 0.5) is 0 Å². The second-order valence-corrected chi connectivity index (χ2v) is 4.78. The first kappa shape index (κ1) is 9.44. The van der Waals surface area contributed by atoms with E-state index in [4.69, 9.17) is 5.73 Å². The minimum absolute atomic E-state index is 0.0228. The van der Waals surface area contributed by atoms with E-state index in [1.165, 1.54) is 6.42 Å². The largest absolute Gasteiger partial charge is 0.388 e. The van der Waals surface area contributed by atoms with Crippen LogP contribution in [0.3, 0.4) is 0 Å². The van der Waals surface area contributed by atoms with E-state index in [0.717, 1.165) is 25.8 Å². The van der Waals surface area contributed by atoms with Gasteiger partial charge in [-0.3, -0.25) is 0 Å². The first-order valence-electron chi connectivity index (χ1n) is 5.28. The number of rotatable bonds is 3. The number of hydrogen-bond donors (Lipinski definition) is 3. The van der Waals surface area contributed by atoms with Crippen LogP contribution in [-0.4, -0.2) is 29.8 Å². The Bertz CT molecular complexity index is 193. The maximum absolute atomic E-state index is 10.5. The van der Waals surface area contributed by atoms with E-state index in [1.54, 1.807) is 0 Å². The van der Waals surface area contributed by atoms with Crippen LogP contribution in [0.15, 0.2) is 0 Å². The molecule has 2 fully saturated rings. The molecule has 2 atom stereocenters. The van der Waals surface area contributed by atoms with Crippen LogP contribution < -0.4 is 11.1 Å². The number of aliphatic hydroxyl groups is 1. The quantitative estimate of drug-likeness (QED) is 0.588. The molecular weight excluding hydrogens is 164 g/mol. The topological polar surface area (TPSA) is 58.3 Å². The summed E-state index contributed by atoms with van der Waals surface area (Å²) in [7, 11) is 0. The monoisotopic (exact) mass is 184 g/mol. The van der Waals surface area contributed by atoms with Crippen LogP contribution in [0.5, 0.6) is 0 Å². The number of nitrogens with one attached hydrogen (secondary N) is 1. The summed E-state index contributed by atoms with van der Waals surface area (Å²) < 4.78 is 0. The normalized spacial score (nSPS) is 35.8. The molecule has 0 spiro atoms. The van der Waals surface area contributed by atoms with Gasteiger partial charge < -0.3 is 16.2 Å². The standard InChI is InChI=1S/C10H20N2O/c1-9(13,8-3-2-6-12-8)10(7-11)4-5-10/h8,12-13H,2-7,11H2,1H3. The van der Waals surface area contributed by atoms with Crippen LogP contribution in [0.25, 0.3) is 0 Å². The molecule has 0 aromatic carbocycles. The fourth-order valence-corrected chi connectivity index (χ4v) is 2.60. The van der Waals surface area contributed by atoms with Crippen molar-refractivity contribution in [3.05, 3.63) is 0 Å². The highest BCUT2D eigenvalue weighted by atomic mass is 16.3. The zero-order valence-electron chi connectivity index (χ0n) is 8.34. The van der Waals surface area contributed by atoms with Gasteiger partial charge in [0.25, 0.3) is 0 Å². The van der Waals surface area contributed by atoms with E-state index in [-0.39, 0.29) is 11.5 Å². The molecule has 0 aromatic rings. The van der Waals surface area contributed by atoms with Crippen molar-refractivity contribution in [2.24, 2.45) is 11.1 Å². The predicted octanol–water partition coefficient (Wildman–Crippen LogP) is 0.228. The Balaban J connectivity index is 2.09. The Labute approximate surface area is 79.7 Å². The average molecular weight is 184 g/mol. The molecule has 0 radical (unpaired) electrons. The summed E-state index contributed by atoms with van der Waals surface area (Å²) in [5, 5.41) is 13.8. The van der Waals surface area contributed by atoms with Crippen LogP contribution in [0, 0.1) is 5.41 Å². The summed E-state index contributed by atoms with van der Waals surface area (Å²) in [5.41, 5.74) is 5.16. The van der Waals surface area contributed by atoms with Crippen LogP contribution in [0.2, 0.25) is 0 Å². The molecule has 2 rings (SSSR count). The summed E-state index contributed by atoms with van der Waals surface area (Å²) in [6.45, 7) is 3.62. The highest BCUT2D eigenvalue weighted by Gasteiger charge is 2.58. The lowest BCUT2D eigenvalue weighted by Gasteiger charge is -2.38. The molecule has 76 valence electrons. The molecule has 0 amide bonds. The highest BCUT2D eigenvalue weighted by Crippen LogP contribution is 2.55. The highest BCUT2D eigenvalue weighted by molar-refractivity contribution is 5.12. The summed E-state index contributed by atoms with van der Waals surface area (Å²) in [4.78, 5) is 0. The van der Waals surface area contributed by atoms with Crippen molar-refractivity contribution in [1.82, 2.24) is 5.32 Å². The average Bonchev–Trinajstić information content (AvgIpc) is 2.72. The smallest absolute Gasteiger partial charge is 0.0839 e. The van der Waals surface area contributed by atoms with Gasteiger partial charge >= 0.3 is 0 Å². The van der Waals surface area contributed by atoms with Crippen LogP contribution >= 0.6 is 0 Å². The third kappa shape index (κ3) is 1.30. The van der Waals surface area contributed by atoms with Gasteiger partial charge in [0, 0.05) is 18.0 Å². The van der Waals surface area contributed by atoms with Gasteiger partial charge in [0.15, 0.2) is 0 Å². The van der Waals surface area contributed by atoms with Gasteiger partial charge in [-0.05, 0) is 39.2 Å². The molecule has 1 saturated heterocycles. The zero-order valence-corrected chi connectivity index (χ0v) is 8.34. The fraction of sp³-hybridized carbons (Fsp3) is 1.00. The Morgan fingerprint density at radius 3 is 2.69 bits per heavy atom. The molecule has 4 N–H and O–H groups in total. The lowest BCUT2D eigenvalue weighted by Crippen LogP contribution is -2.54. The van der Waals surface area contributed by atoms with Crippen molar-refractivity contribution in [1.29, 1.82) is 0 Å². The molecule has 3 heteroatoms. The van der Waals surface area contributed by atoms with Crippen molar-refractivity contribution >= 4 is 0 Å². The number of hydrogen-bond acceptors (Lipinski definition) is 3. The van der Waals surface area contributed by atoms with Crippen molar-refractivity contribution in [3.63, 3.8) is 0 Å². The minimum Gasteiger partial charge on any atom is -0.388 e. The van der Waals surface area contributed by atoms with Crippen molar-refractivity contribution in [2.45, 2.75) is 44.2 Å². The lowest BCUT2D eigenvalue weighted by molar-refractivity contribution is -0.0400. The van der Waals surface area contributed by atoms with Gasteiger partial charge in [-0.15, -0.1) is 0 Å². The first-order valence-corrected chi connectivity index (χ1v) is 5.28. The van der Waals surface area contributed by atoms with Crippen LogP contribution in [-0.2, 0) is 0 Å². The van der Waals surface area contributed by atoms with Crippen molar-refractivity contribution in [3.8, 4) is 0 Å². The van der Waals surface area contributed by atoms with Gasteiger partial charge in [-0.2, -0.15) is 0 Å². The molecule has 0 bridgehead atoms. The molecule has 2 aliphatic rings. The second kappa shape index (κ2) is 2.94. The maximum atomic E-state index is 10.5. The summed E-state index contributed by atoms with van der Waals surface area (Å²) in [6, 6.07) is 0.263. The van der Waals surface area contributed by atoms with Crippen molar-refractivity contribution < 1.29 is 5.11 Å². The predicted molar refractivity (Wildman–Crippen MR) is 52.4 cm³/mol. The van der Waals surface area contributed by atoms with Crippen molar-refractivity contribution in [2.75, 3.05) is 13.1 Å². The second-order valence-electron chi connectivity index (χ2n) is 4.78. The van der Waals surface area contributed by atoms with E-state index >= 15 is 0 Å². The molecule has 1 aliphatic carbocycles. The van der Waals surface area contributed by atoms with Gasteiger partial charge in [-0.1, -0.05) is 0 Å². The SMILES string of the molecule is CC(O)(C1CCCN1)C1(CN)CC1. The molecule has 1 heterocycles. The zero-order chi connectivity index (χ0) is 9.53. The van der Waals surface area contributed by atoms with Gasteiger partial charge in [-0.25, -0.2) is 0 Å². The molecule has 1 aliphatic heterocycles. The summed E-state index contributed by atoms with van der Waals surface area (Å²) in [5.74, 6) is 0. The summed E-state index contributed by atoms with van der Waals surface area (Å²) in [6.07, 6.45) is 4.46. The van der Waals surface area contributed by atoms with E-state index in [9.17, 15) is 5.11 Å². The first-order chi connectivity index (χ1) is 6.12. The Hall–Kier alpha value is -0.120. The van der Waals surface area contributed by atoms with Gasteiger partial charge in [0.2, 0.25) is 0 Å². The Morgan fingerprint density at radius 1 is 1.62 bits per heavy atom. The molecule has 3 nitrogen and oxygen atoms in total. The van der Waals surface area contributed by atoms with Crippen LogP contribution in [0.1, 0.15) is 32.6 Å². The van der Waals surface area contributed by atoms with E-state index in [2.05, 4.69) is 5.32 Å². The Morgan fingerprint density at radius 2 is 2.31 bits per heavy atom. The molecule has 13 heavy (non-hydrogen) atoms. The molecule has 1 saturated carbocycles. The molecule has 2 unspecified atom stereocenters. The molecular formula is C10H20N2O. The summed E-state index contributed by atoms with van der Waals surface area (Å²) >= 11 is 0.